The third-order valence-corrected chi connectivity index (χ3v) is 5.40. The molecule has 0 aromatic carbocycles. The summed E-state index contributed by atoms with van der Waals surface area (Å²) in [6, 6.07) is 4.33. The molecule has 0 bridgehead atoms. The minimum atomic E-state index is -0.0461. The monoisotopic (exact) mass is 329 g/mol. The zero-order valence-electron chi connectivity index (χ0n) is 11.8. The maximum atomic E-state index is 6.74. The average Bonchev–Trinajstić information content (AvgIpc) is 2.42. The van der Waals surface area contributed by atoms with Crippen molar-refractivity contribution in [2.45, 2.75) is 58.9 Å². The van der Waals surface area contributed by atoms with Crippen LogP contribution in [0, 0.1) is 10.8 Å². The van der Waals surface area contributed by atoms with Crippen molar-refractivity contribution in [3.8, 4) is 0 Å². The second-order valence-electron chi connectivity index (χ2n) is 7.60. The van der Waals surface area contributed by atoms with E-state index in [-0.39, 0.29) is 5.54 Å². The van der Waals surface area contributed by atoms with Gasteiger partial charge in [0.2, 0.25) is 0 Å². The number of hydrogen-bond donors (Lipinski definition) is 1. The van der Waals surface area contributed by atoms with Crippen molar-refractivity contribution < 1.29 is 0 Å². The molecule has 102 valence electrons. The number of rotatable bonds is 2. The highest BCUT2D eigenvalue weighted by atomic mass is 79.9. The van der Waals surface area contributed by atoms with Crippen LogP contribution in [0.2, 0.25) is 0 Å². The van der Waals surface area contributed by atoms with E-state index in [4.69, 9.17) is 5.73 Å². The molecule has 0 saturated heterocycles. The fourth-order valence-corrected chi connectivity index (χ4v) is 5.95. The molecule has 1 aromatic rings. The molecule has 1 fully saturated rings. The lowest BCUT2D eigenvalue weighted by Crippen LogP contribution is -2.53. The molecule has 0 aliphatic heterocycles. The highest BCUT2D eigenvalue weighted by molar-refractivity contribution is 9.11. The summed E-state index contributed by atoms with van der Waals surface area (Å²) >= 11 is 5.35. The van der Waals surface area contributed by atoms with Gasteiger partial charge in [0, 0.05) is 10.4 Å². The molecule has 1 aromatic heterocycles. The van der Waals surface area contributed by atoms with Gasteiger partial charge < -0.3 is 5.73 Å². The predicted octanol–water partition coefficient (Wildman–Crippen LogP) is 4.99. The summed E-state index contributed by atoms with van der Waals surface area (Å²) in [4.78, 5) is 1.40. The molecule has 1 saturated carbocycles. The van der Waals surface area contributed by atoms with Gasteiger partial charge in [-0.3, -0.25) is 0 Å². The van der Waals surface area contributed by atoms with Gasteiger partial charge in [0.15, 0.2) is 0 Å². The molecule has 0 spiro atoms. The molecule has 0 amide bonds. The van der Waals surface area contributed by atoms with Crippen molar-refractivity contribution in [1.29, 1.82) is 0 Å². The molecule has 1 aliphatic rings. The predicted molar refractivity (Wildman–Crippen MR) is 84.1 cm³/mol. The van der Waals surface area contributed by atoms with E-state index in [0.717, 1.165) is 19.3 Å². The Hall–Kier alpha value is 0.140. The van der Waals surface area contributed by atoms with Crippen LogP contribution in [0.15, 0.2) is 15.9 Å². The molecular formula is C15H24BrNS. The Balaban J connectivity index is 2.19. The number of hydrogen-bond acceptors (Lipinski definition) is 2. The fourth-order valence-electron chi connectivity index (χ4n) is 4.31. The molecule has 0 atom stereocenters. The molecule has 1 heterocycles. The second kappa shape index (κ2) is 4.60. The number of nitrogens with two attached hydrogens (primary N) is 1. The third kappa shape index (κ3) is 3.58. The van der Waals surface area contributed by atoms with E-state index in [0.29, 0.717) is 10.8 Å². The summed E-state index contributed by atoms with van der Waals surface area (Å²) < 4.78 is 1.20. The smallest absolute Gasteiger partial charge is 0.0701 e. The van der Waals surface area contributed by atoms with Gasteiger partial charge in [-0.05, 0) is 64.6 Å². The van der Waals surface area contributed by atoms with Gasteiger partial charge in [0.1, 0.15) is 0 Å². The highest BCUT2D eigenvalue weighted by Crippen LogP contribution is 2.50. The molecule has 1 aliphatic carbocycles. The lowest BCUT2D eigenvalue weighted by molar-refractivity contribution is 0.0491. The Morgan fingerprint density at radius 2 is 1.67 bits per heavy atom. The Morgan fingerprint density at radius 1 is 1.11 bits per heavy atom. The quantitative estimate of drug-likeness (QED) is 0.812. The minimum absolute atomic E-state index is 0.0461. The van der Waals surface area contributed by atoms with E-state index >= 15 is 0 Å². The zero-order chi connectivity index (χ0) is 13.6. The summed E-state index contributed by atoms with van der Waals surface area (Å²) in [7, 11) is 0. The SMILES string of the molecule is CC1(C)CC(C)(C)CC(N)(Cc2ccc(Br)s2)C1. The molecule has 2 rings (SSSR count). The van der Waals surface area contributed by atoms with Crippen LogP contribution in [0.5, 0.6) is 0 Å². The van der Waals surface area contributed by atoms with E-state index in [1.807, 2.05) is 11.3 Å². The maximum absolute atomic E-state index is 6.74. The number of halogens is 1. The zero-order valence-corrected chi connectivity index (χ0v) is 14.2. The molecule has 0 unspecified atom stereocenters. The first-order chi connectivity index (χ1) is 8.09. The van der Waals surface area contributed by atoms with Gasteiger partial charge >= 0.3 is 0 Å². The van der Waals surface area contributed by atoms with Crippen LogP contribution < -0.4 is 5.73 Å². The van der Waals surface area contributed by atoms with Gasteiger partial charge in [-0.25, -0.2) is 0 Å². The van der Waals surface area contributed by atoms with Crippen molar-refractivity contribution in [1.82, 2.24) is 0 Å². The Kier molecular flexibility index (Phi) is 3.72. The van der Waals surface area contributed by atoms with Gasteiger partial charge in [-0.2, -0.15) is 0 Å². The number of thiophene rings is 1. The summed E-state index contributed by atoms with van der Waals surface area (Å²) in [5.74, 6) is 0. The molecule has 1 nitrogen and oxygen atoms in total. The molecular weight excluding hydrogens is 306 g/mol. The topological polar surface area (TPSA) is 26.0 Å². The molecule has 2 N–H and O–H groups in total. The van der Waals surface area contributed by atoms with E-state index in [1.54, 1.807) is 0 Å². The summed E-state index contributed by atoms with van der Waals surface area (Å²) in [5, 5.41) is 0. The van der Waals surface area contributed by atoms with Crippen molar-refractivity contribution in [3.63, 3.8) is 0 Å². The van der Waals surface area contributed by atoms with Gasteiger partial charge in [0.25, 0.3) is 0 Å². The van der Waals surface area contributed by atoms with E-state index in [1.165, 1.54) is 15.1 Å². The van der Waals surface area contributed by atoms with Gasteiger partial charge in [-0.15, -0.1) is 11.3 Å². The Labute approximate surface area is 123 Å². The highest BCUT2D eigenvalue weighted by Gasteiger charge is 2.45. The van der Waals surface area contributed by atoms with Crippen LogP contribution in [0.3, 0.4) is 0 Å². The lowest BCUT2D eigenvalue weighted by Gasteiger charge is -2.50. The largest absolute Gasteiger partial charge is 0.325 e. The van der Waals surface area contributed by atoms with Crippen molar-refractivity contribution in [3.05, 3.63) is 20.8 Å². The Bertz CT molecular complexity index is 417. The standard InChI is InChI=1S/C15H24BrNS/c1-13(2)8-14(3,4)10-15(17,9-13)7-11-5-6-12(16)18-11/h5-6H,7-10,17H2,1-4H3. The first kappa shape index (κ1) is 14.5. The van der Waals surface area contributed by atoms with Crippen LogP contribution in [-0.4, -0.2) is 5.54 Å². The molecule has 18 heavy (non-hydrogen) atoms. The lowest BCUT2D eigenvalue weighted by atomic mass is 9.58. The van der Waals surface area contributed by atoms with Crippen molar-refractivity contribution in [2.24, 2.45) is 16.6 Å². The van der Waals surface area contributed by atoms with Crippen molar-refractivity contribution >= 4 is 27.3 Å². The van der Waals surface area contributed by atoms with E-state index < -0.39 is 0 Å². The summed E-state index contributed by atoms with van der Waals surface area (Å²) in [6.07, 6.45) is 4.53. The van der Waals surface area contributed by atoms with E-state index in [2.05, 4.69) is 55.8 Å². The summed E-state index contributed by atoms with van der Waals surface area (Å²) in [6.45, 7) is 9.44. The molecule has 0 radical (unpaired) electrons. The van der Waals surface area contributed by atoms with Gasteiger partial charge in [0.05, 0.1) is 3.79 Å². The average molecular weight is 330 g/mol. The Morgan fingerprint density at radius 3 is 2.11 bits per heavy atom. The van der Waals surface area contributed by atoms with E-state index in [9.17, 15) is 0 Å². The fraction of sp³-hybridized carbons (Fsp3) is 0.733. The van der Waals surface area contributed by atoms with Crippen molar-refractivity contribution in [2.75, 3.05) is 0 Å². The van der Waals surface area contributed by atoms with Crippen LogP contribution >= 0.6 is 27.3 Å². The van der Waals surface area contributed by atoms with Crippen LogP contribution in [0.4, 0.5) is 0 Å². The van der Waals surface area contributed by atoms with Crippen LogP contribution in [0.1, 0.15) is 51.8 Å². The minimum Gasteiger partial charge on any atom is -0.325 e. The molecule has 3 heteroatoms. The van der Waals surface area contributed by atoms with Crippen LogP contribution in [0.25, 0.3) is 0 Å². The second-order valence-corrected chi connectivity index (χ2v) is 10.2. The normalized spacial score (nSPS) is 25.0. The first-order valence-electron chi connectivity index (χ1n) is 6.63. The van der Waals surface area contributed by atoms with Gasteiger partial charge in [-0.1, -0.05) is 27.7 Å². The maximum Gasteiger partial charge on any atom is 0.0701 e. The first-order valence-corrected chi connectivity index (χ1v) is 8.23. The summed E-state index contributed by atoms with van der Waals surface area (Å²) in [5.41, 5.74) is 7.40. The van der Waals surface area contributed by atoms with Crippen LogP contribution in [-0.2, 0) is 6.42 Å². The third-order valence-electron chi connectivity index (χ3n) is 3.77.